The maximum atomic E-state index is 6.17. The van der Waals surface area contributed by atoms with E-state index in [4.69, 9.17) is 13.9 Å². The smallest absolute Gasteiger partial charge is 0.214 e. The number of benzene rings is 1. The molecule has 160 valence electrons. The number of ether oxygens (including phenoxy) is 2. The molecule has 1 aliphatic rings. The second kappa shape index (κ2) is 11.3. The topological polar surface area (TPSA) is 80.9 Å². The number of aliphatic imine (C=N–C) groups is 1. The number of nitrogens with zero attached hydrogens (tertiary/aromatic N) is 2. The SMILES string of the molecule is CN=C(NCc1ccc(OC)c(OC2CCCC2)c1)NCc1nc(C)c(C)o1.I. The molecule has 8 heteroatoms. The van der Waals surface area contributed by atoms with Crippen LogP contribution in [-0.2, 0) is 13.1 Å². The third-order valence-electron chi connectivity index (χ3n) is 4.99. The molecule has 0 saturated heterocycles. The van der Waals surface area contributed by atoms with Crippen molar-refractivity contribution in [1.82, 2.24) is 15.6 Å². The Hall–Kier alpha value is -1.97. The first-order chi connectivity index (χ1) is 13.6. The van der Waals surface area contributed by atoms with Gasteiger partial charge in [0.25, 0.3) is 0 Å². The van der Waals surface area contributed by atoms with Crippen LogP contribution in [0.3, 0.4) is 0 Å². The van der Waals surface area contributed by atoms with Gasteiger partial charge in [-0.2, -0.15) is 0 Å². The van der Waals surface area contributed by atoms with Crippen molar-refractivity contribution in [3.8, 4) is 11.5 Å². The van der Waals surface area contributed by atoms with Crippen molar-refractivity contribution >= 4 is 29.9 Å². The number of aromatic nitrogens is 1. The van der Waals surface area contributed by atoms with Crippen molar-refractivity contribution in [3.63, 3.8) is 0 Å². The molecule has 0 aliphatic heterocycles. The number of guanidine groups is 1. The number of rotatable bonds is 7. The molecule has 7 nitrogen and oxygen atoms in total. The van der Waals surface area contributed by atoms with Gasteiger partial charge in [-0.05, 0) is 57.2 Å². The Bertz CT molecular complexity index is 797. The van der Waals surface area contributed by atoms with E-state index in [1.165, 1.54) is 12.8 Å². The van der Waals surface area contributed by atoms with E-state index in [0.717, 1.165) is 41.4 Å². The van der Waals surface area contributed by atoms with Crippen LogP contribution >= 0.6 is 24.0 Å². The number of methoxy groups -OCH3 is 1. The summed E-state index contributed by atoms with van der Waals surface area (Å²) in [4.78, 5) is 8.63. The van der Waals surface area contributed by atoms with Crippen molar-refractivity contribution in [2.45, 2.75) is 58.7 Å². The lowest BCUT2D eigenvalue weighted by molar-refractivity contribution is 0.200. The van der Waals surface area contributed by atoms with Crippen LogP contribution in [0, 0.1) is 13.8 Å². The van der Waals surface area contributed by atoms with Gasteiger partial charge in [-0.1, -0.05) is 6.07 Å². The monoisotopic (exact) mass is 514 g/mol. The minimum absolute atomic E-state index is 0. The van der Waals surface area contributed by atoms with E-state index in [-0.39, 0.29) is 24.0 Å². The third-order valence-corrected chi connectivity index (χ3v) is 4.99. The highest BCUT2D eigenvalue weighted by atomic mass is 127. The Morgan fingerprint density at radius 1 is 1.17 bits per heavy atom. The average Bonchev–Trinajstić information content (AvgIpc) is 3.32. The highest BCUT2D eigenvalue weighted by Gasteiger charge is 2.18. The predicted molar refractivity (Wildman–Crippen MR) is 124 cm³/mol. The molecule has 0 bridgehead atoms. The maximum Gasteiger partial charge on any atom is 0.214 e. The van der Waals surface area contributed by atoms with Crippen molar-refractivity contribution in [3.05, 3.63) is 41.1 Å². The standard InChI is InChI=1S/C21H30N4O3.HI/c1-14-15(2)27-20(25-14)13-24-21(22-3)23-12-16-9-10-18(26-4)19(11-16)28-17-7-5-6-8-17;/h9-11,17H,5-8,12-13H2,1-4H3,(H2,22,23,24);1H. The molecule has 0 radical (unpaired) electrons. The molecular weight excluding hydrogens is 483 g/mol. The summed E-state index contributed by atoms with van der Waals surface area (Å²) in [7, 11) is 3.41. The van der Waals surface area contributed by atoms with Crippen LogP contribution in [0.4, 0.5) is 0 Å². The minimum atomic E-state index is 0. The third kappa shape index (κ3) is 6.52. The van der Waals surface area contributed by atoms with Gasteiger partial charge < -0.3 is 24.5 Å². The molecule has 1 aliphatic carbocycles. The number of nitrogens with one attached hydrogen (secondary N) is 2. The number of oxazole rings is 1. The number of hydrogen-bond donors (Lipinski definition) is 2. The summed E-state index contributed by atoms with van der Waals surface area (Å²) in [5.74, 6) is 3.75. The maximum absolute atomic E-state index is 6.17. The van der Waals surface area contributed by atoms with E-state index in [1.807, 2.05) is 32.0 Å². The van der Waals surface area contributed by atoms with Crippen LogP contribution in [0.25, 0.3) is 0 Å². The highest BCUT2D eigenvalue weighted by molar-refractivity contribution is 14.0. The first-order valence-corrected chi connectivity index (χ1v) is 9.80. The van der Waals surface area contributed by atoms with Crippen LogP contribution in [0.5, 0.6) is 11.5 Å². The summed E-state index contributed by atoms with van der Waals surface area (Å²) in [5, 5.41) is 6.53. The van der Waals surface area contributed by atoms with E-state index in [9.17, 15) is 0 Å². The van der Waals surface area contributed by atoms with E-state index in [0.29, 0.717) is 31.0 Å². The molecule has 29 heavy (non-hydrogen) atoms. The molecule has 1 aromatic heterocycles. The fourth-order valence-electron chi connectivity index (χ4n) is 3.29. The Morgan fingerprint density at radius 2 is 1.90 bits per heavy atom. The number of aryl methyl sites for hydroxylation is 2. The van der Waals surface area contributed by atoms with Crippen molar-refractivity contribution in [2.24, 2.45) is 4.99 Å². The summed E-state index contributed by atoms with van der Waals surface area (Å²) in [6, 6.07) is 6.02. The zero-order valence-electron chi connectivity index (χ0n) is 17.6. The van der Waals surface area contributed by atoms with Crippen molar-refractivity contribution in [2.75, 3.05) is 14.2 Å². The van der Waals surface area contributed by atoms with Gasteiger partial charge in [0, 0.05) is 13.6 Å². The van der Waals surface area contributed by atoms with E-state index >= 15 is 0 Å². The molecule has 0 amide bonds. The lowest BCUT2D eigenvalue weighted by Crippen LogP contribution is -2.36. The molecule has 1 fully saturated rings. The molecule has 0 unspecified atom stereocenters. The first-order valence-electron chi connectivity index (χ1n) is 9.80. The fraction of sp³-hybridized carbons (Fsp3) is 0.524. The largest absolute Gasteiger partial charge is 0.493 e. The van der Waals surface area contributed by atoms with Gasteiger partial charge in [-0.3, -0.25) is 4.99 Å². The first kappa shape index (κ1) is 23.3. The Labute approximate surface area is 189 Å². The van der Waals surface area contributed by atoms with Crippen molar-refractivity contribution in [1.29, 1.82) is 0 Å². The van der Waals surface area contributed by atoms with Crippen molar-refractivity contribution < 1.29 is 13.9 Å². The quantitative estimate of drug-likeness (QED) is 0.329. The molecule has 1 aromatic carbocycles. The summed E-state index contributed by atoms with van der Waals surface area (Å²) in [6.07, 6.45) is 4.99. The molecule has 0 atom stereocenters. The number of halogens is 1. The normalized spacial score (nSPS) is 14.4. The fourth-order valence-corrected chi connectivity index (χ4v) is 3.29. The van der Waals surface area contributed by atoms with E-state index < -0.39 is 0 Å². The Kier molecular flexibility index (Phi) is 9.06. The summed E-state index contributed by atoms with van der Waals surface area (Å²) in [5.41, 5.74) is 2.01. The zero-order chi connectivity index (χ0) is 19.9. The second-order valence-electron chi connectivity index (χ2n) is 7.04. The molecule has 1 heterocycles. The van der Waals surface area contributed by atoms with Crippen LogP contribution in [0.15, 0.2) is 27.6 Å². The predicted octanol–water partition coefficient (Wildman–Crippen LogP) is 4.10. The van der Waals surface area contributed by atoms with Crippen LogP contribution in [-0.4, -0.2) is 31.2 Å². The van der Waals surface area contributed by atoms with Crippen LogP contribution in [0.1, 0.15) is 48.6 Å². The average molecular weight is 514 g/mol. The van der Waals surface area contributed by atoms with Crippen LogP contribution < -0.4 is 20.1 Å². The molecular formula is C21H31IN4O3. The van der Waals surface area contributed by atoms with Gasteiger partial charge in [0.15, 0.2) is 17.5 Å². The van der Waals surface area contributed by atoms with E-state index in [1.54, 1.807) is 14.2 Å². The van der Waals surface area contributed by atoms with Gasteiger partial charge in [-0.15, -0.1) is 24.0 Å². The lowest BCUT2D eigenvalue weighted by Gasteiger charge is -2.17. The number of hydrogen-bond acceptors (Lipinski definition) is 5. The molecule has 2 N–H and O–H groups in total. The summed E-state index contributed by atoms with van der Waals surface area (Å²) >= 11 is 0. The van der Waals surface area contributed by atoms with Gasteiger partial charge in [-0.25, -0.2) is 4.98 Å². The minimum Gasteiger partial charge on any atom is -0.493 e. The van der Waals surface area contributed by atoms with Gasteiger partial charge in [0.05, 0.1) is 25.5 Å². The van der Waals surface area contributed by atoms with Gasteiger partial charge >= 0.3 is 0 Å². The molecule has 3 rings (SSSR count). The Balaban J connectivity index is 0.00000300. The molecule has 2 aromatic rings. The molecule has 0 spiro atoms. The lowest BCUT2D eigenvalue weighted by atomic mass is 10.2. The van der Waals surface area contributed by atoms with Crippen LogP contribution in [0.2, 0.25) is 0 Å². The Morgan fingerprint density at radius 3 is 2.52 bits per heavy atom. The zero-order valence-corrected chi connectivity index (χ0v) is 19.9. The second-order valence-corrected chi connectivity index (χ2v) is 7.04. The highest BCUT2D eigenvalue weighted by Crippen LogP contribution is 2.32. The van der Waals surface area contributed by atoms with Gasteiger partial charge in [0.1, 0.15) is 5.76 Å². The summed E-state index contributed by atoms with van der Waals surface area (Å²) in [6.45, 7) is 4.94. The van der Waals surface area contributed by atoms with E-state index in [2.05, 4.69) is 20.6 Å². The van der Waals surface area contributed by atoms with Gasteiger partial charge in [0.2, 0.25) is 5.89 Å². The summed E-state index contributed by atoms with van der Waals surface area (Å²) < 4.78 is 17.2. The molecule has 1 saturated carbocycles.